The van der Waals surface area contributed by atoms with Crippen LogP contribution in [0.4, 0.5) is 0 Å². The molecular formula is C13H13Cl2NOS. The molecule has 1 aromatic heterocycles. The summed E-state index contributed by atoms with van der Waals surface area (Å²) in [5.41, 5.74) is 7.45. The normalized spacial score (nSPS) is 14.4. The van der Waals surface area contributed by atoms with Crippen molar-refractivity contribution in [3.63, 3.8) is 0 Å². The fourth-order valence-electron chi connectivity index (χ4n) is 1.90. The van der Waals surface area contributed by atoms with Crippen LogP contribution in [-0.4, -0.2) is 11.7 Å². The van der Waals surface area contributed by atoms with Gasteiger partial charge in [-0.15, -0.1) is 0 Å². The van der Waals surface area contributed by atoms with Gasteiger partial charge in [-0.3, -0.25) is 0 Å². The molecule has 2 rings (SSSR count). The van der Waals surface area contributed by atoms with E-state index >= 15 is 0 Å². The first-order valence-corrected chi connectivity index (χ1v) is 7.18. The molecule has 1 heterocycles. The Hall–Kier alpha value is -0.580. The number of halogens is 2. The first kappa shape index (κ1) is 13.8. The highest BCUT2D eigenvalue weighted by molar-refractivity contribution is 7.07. The van der Waals surface area contributed by atoms with Gasteiger partial charge in [0.15, 0.2) is 0 Å². The molecule has 2 aromatic rings. The Balaban J connectivity index is 2.33. The molecule has 5 heteroatoms. The summed E-state index contributed by atoms with van der Waals surface area (Å²) in [5.74, 6) is -0.232. The van der Waals surface area contributed by atoms with Crippen LogP contribution in [0.15, 0.2) is 35.0 Å². The first-order chi connectivity index (χ1) is 8.63. The summed E-state index contributed by atoms with van der Waals surface area (Å²) in [6.45, 7) is 0.318. The molecule has 1 aromatic carbocycles. The number of hydrogen-bond donors (Lipinski definition) is 2. The predicted molar refractivity (Wildman–Crippen MR) is 77.5 cm³/mol. The van der Waals surface area contributed by atoms with Gasteiger partial charge >= 0.3 is 0 Å². The lowest BCUT2D eigenvalue weighted by molar-refractivity contribution is 0.148. The van der Waals surface area contributed by atoms with Gasteiger partial charge in [-0.1, -0.05) is 29.3 Å². The lowest BCUT2D eigenvalue weighted by Crippen LogP contribution is -2.20. The van der Waals surface area contributed by atoms with Gasteiger partial charge in [-0.25, -0.2) is 0 Å². The summed E-state index contributed by atoms with van der Waals surface area (Å²) in [4.78, 5) is 0. The van der Waals surface area contributed by atoms with E-state index in [4.69, 9.17) is 28.9 Å². The molecule has 0 spiro atoms. The maximum Gasteiger partial charge on any atom is 0.0879 e. The van der Waals surface area contributed by atoms with Crippen LogP contribution in [0, 0.1) is 0 Å². The fraction of sp³-hybridized carbons (Fsp3) is 0.231. The molecule has 0 radical (unpaired) electrons. The minimum atomic E-state index is -0.653. The summed E-state index contributed by atoms with van der Waals surface area (Å²) in [6.07, 6.45) is -0.653. The summed E-state index contributed by atoms with van der Waals surface area (Å²) >= 11 is 13.6. The SMILES string of the molecule is NCC(c1ccc(Cl)cc1Cl)C(O)c1ccsc1. The molecule has 2 nitrogen and oxygen atoms in total. The molecule has 2 atom stereocenters. The van der Waals surface area contributed by atoms with Crippen LogP contribution >= 0.6 is 34.5 Å². The van der Waals surface area contributed by atoms with Gasteiger partial charge in [0.05, 0.1) is 6.10 Å². The number of rotatable bonds is 4. The Morgan fingerprint density at radius 1 is 1.28 bits per heavy atom. The summed E-state index contributed by atoms with van der Waals surface area (Å²) < 4.78 is 0. The molecule has 0 aliphatic carbocycles. The minimum absolute atomic E-state index is 0.232. The van der Waals surface area contributed by atoms with Crippen molar-refractivity contribution in [2.45, 2.75) is 12.0 Å². The van der Waals surface area contributed by atoms with Crippen molar-refractivity contribution in [2.24, 2.45) is 5.73 Å². The summed E-state index contributed by atoms with van der Waals surface area (Å²) in [6, 6.07) is 7.13. The zero-order valence-electron chi connectivity index (χ0n) is 9.51. The lowest BCUT2D eigenvalue weighted by Gasteiger charge is -2.22. The topological polar surface area (TPSA) is 46.2 Å². The van der Waals surface area contributed by atoms with Gasteiger partial charge in [0.25, 0.3) is 0 Å². The smallest absolute Gasteiger partial charge is 0.0879 e. The summed E-state index contributed by atoms with van der Waals surface area (Å²) in [5, 5.41) is 15.3. The average Bonchev–Trinajstić information content (AvgIpc) is 2.86. The Morgan fingerprint density at radius 3 is 2.61 bits per heavy atom. The number of hydrogen-bond acceptors (Lipinski definition) is 3. The molecule has 0 saturated heterocycles. The number of thiophene rings is 1. The number of benzene rings is 1. The van der Waals surface area contributed by atoms with Crippen LogP contribution in [0.5, 0.6) is 0 Å². The number of aliphatic hydroxyl groups is 1. The van der Waals surface area contributed by atoms with Gasteiger partial charge in [-0.2, -0.15) is 11.3 Å². The molecule has 18 heavy (non-hydrogen) atoms. The van der Waals surface area contributed by atoms with Crippen LogP contribution in [0.3, 0.4) is 0 Å². The van der Waals surface area contributed by atoms with Gasteiger partial charge < -0.3 is 10.8 Å². The van der Waals surface area contributed by atoms with E-state index < -0.39 is 6.10 Å². The standard InChI is InChI=1S/C13H13Cl2NOS/c14-9-1-2-10(12(15)5-9)11(6-16)13(17)8-3-4-18-7-8/h1-5,7,11,13,17H,6,16H2. The van der Waals surface area contributed by atoms with Gasteiger partial charge in [0.1, 0.15) is 0 Å². The zero-order valence-corrected chi connectivity index (χ0v) is 11.8. The Labute approximate surface area is 120 Å². The highest BCUT2D eigenvalue weighted by Gasteiger charge is 2.23. The van der Waals surface area contributed by atoms with Crippen molar-refractivity contribution < 1.29 is 5.11 Å². The monoisotopic (exact) mass is 301 g/mol. The third-order valence-corrected chi connectivity index (χ3v) is 4.15. The molecule has 0 bridgehead atoms. The third-order valence-electron chi connectivity index (χ3n) is 2.88. The molecule has 0 aliphatic rings. The maximum atomic E-state index is 10.4. The number of aliphatic hydroxyl groups excluding tert-OH is 1. The van der Waals surface area contributed by atoms with E-state index in [1.807, 2.05) is 22.9 Å². The van der Waals surface area contributed by atoms with E-state index in [0.29, 0.717) is 16.6 Å². The summed E-state index contributed by atoms with van der Waals surface area (Å²) in [7, 11) is 0. The Kier molecular flexibility index (Phi) is 4.65. The second-order valence-corrected chi connectivity index (χ2v) is 5.63. The second kappa shape index (κ2) is 6.04. The largest absolute Gasteiger partial charge is 0.388 e. The average molecular weight is 302 g/mol. The zero-order chi connectivity index (χ0) is 13.1. The molecule has 0 amide bonds. The van der Waals surface area contributed by atoms with Crippen molar-refractivity contribution in [3.05, 3.63) is 56.2 Å². The van der Waals surface area contributed by atoms with Crippen molar-refractivity contribution in [1.82, 2.24) is 0 Å². The molecular weight excluding hydrogens is 289 g/mol. The van der Waals surface area contributed by atoms with Crippen molar-refractivity contribution in [1.29, 1.82) is 0 Å². The van der Waals surface area contributed by atoms with E-state index in [1.54, 1.807) is 23.5 Å². The molecule has 96 valence electrons. The van der Waals surface area contributed by atoms with E-state index in [1.165, 1.54) is 0 Å². The highest BCUT2D eigenvalue weighted by atomic mass is 35.5. The molecule has 0 fully saturated rings. The predicted octanol–water partition coefficient (Wildman–Crippen LogP) is 3.83. The molecule has 2 unspecified atom stereocenters. The molecule has 0 aliphatic heterocycles. The lowest BCUT2D eigenvalue weighted by atomic mass is 9.90. The molecule has 0 saturated carbocycles. The van der Waals surface area contributed by atoms with Gasteiger partial charge in [0.2, 0.25) is 0 Å². The number of nitrogens with two attached hydrogens (primary N) is 1. The van der Waals surface area contributed by atoms with Crippen LogP contribution in [0.25, 0.3) is 0 Å². The van der Waals surface area contributed by atoms with Crippen molar-refractivity contribution in [2.75, 3.05) is 6.54 Å². The van der Waals surface area contributed by atoms with E-state index in [2.05, 4.69) is 0 Å². The maximum absolute atomic E-state index is 10.4. The Bertz CT molecular complexity index is 516. The molecule has 3 N–H and O–H groups in total. The highest BCUT2D eigenvalue weighted by Crippen LogP contribution is 2.35. The van der Waals surface area contributed by atoms with Gasteiger partial charge in [0, 0.05) is 22.5 Å². The van der Waals surface area contributed by atoms with Crippen molar-refractivity contribution >= 4 is 34.5 Å². The quantitative estimate of drug-likeness (QED) is 0.901. The van der Waals surface area contributed by atoms with E-state index in [0.717, 1.165) is 11.1 Å². The van der Waals surface area contributed by atoms with E-state index in [-0.39, 0.29) is 5.92 Å². The Morgan fingerprint density at radius 2 is 2.06 bits per heavy atom. The van der Waals surface area contributed by atoms with Crippen LogP contribution in [-0.2, 0) is 0 Å². The van der Waals surface area contributed by atoms with E-state index in [9.17, 15) is 5.11 Å². The fourth-order valence-corrected chi connectivity index (χ4v) is 3.14. The van der Waals surface area contributed by atoms with Gasteiger partial charge in [-0.05, 0) is 40.1 Å². The second-order valence-electron chi connectivity index (χ2n) is 4.01. The third kappa shape index (κ3) is 2.87. The van der Waals surface area contributed by atoms with Crippen LogP contribution in [0.2, 0.25) is 10.0 Å². The minimum Gasteiger partial charge on any atom is -0.388 e. The van der Waals surface area contributed by atoms with Crippen LogP contribution in [0.1, 0.15) is 23.1 Å². The first-order valence-electron chi connectivity index (χ1n) is 5.48. The van der Waals surface area contributed by atoms with Crippen molar-refractivity contribution in [3.8, 4) is 0 Å². The van der Waals surface area contributed by atoms with Crippen LogP contribution < -0.4 is 5.73 Å².